The van der Waals surface area contributed by atoms with Gasteiger partial charge in [0.25, 0.3) is 0 Å². The van der Waals surface area contributed by atoms with Gasteiger partial charge in [0.2, 0.25) is 5.13 Å². The molecule has 0 radical (unpaired) electrons. The lowest BCUT2D eigenvalue weighted by Gasteiger charge is -1.99. The smallest absolute Gasteiger partial charge is 0.203 e. The van der Waals surface area contributed by atoms with E-state index in [4.69, 9.17) is 11.0 Å². The van der Waals surface area contributed by atoms with Crippen molar-refractivity contribution in [3.05, 3.63) is 0 Å². The molecule has 1 atom stereocenters. The monoisotopic (exact) mass is 200 g/mol. The third kappa shape index (κ3) is 2.36. The minimum absolute atomic E-state index is 0.0441. The third-order valence-corrected chi connectivity index (χ3v) is 3.27. The van der Waals surface area contributed by atoms with Gasteiger partial charge in [0.15, 0.2) is 4.34 Å². The van der Waals surface area contributed by atoms with Crippen LogP contribution in [0.2, 0.25) is 0 Å². The molecule has 0 saturated heterocycles. The molecule has 4 nitrogen and oxygen atoms in total. The van der Waals surface area contributed by atoms with E-state index < -0.39 is 0 Å². The van der Waals surface area contributed by atoms with E-state index in [0.717, 1.165) is 10.8 Å². The molecule has 1 heterocycles. The number of hydrogen-bond donors (Lipinski definition) is 1. The van der Waals surface area contributed by atoms with E-state index >= 15 is 0 Å². The molecule has 0 fully saturated rings. The minimum Gasteiger partial charge on any atom is -0.374 e. The van der Waals surface area contributed by atoms with Crippen LogP contribution in [0.25, 0.3) is 0 Å². The summed E-state index contributed by atoms with van der Waals surface area (Å²) in [7, 11) is 0. The summed E-state index contributed by atoms with van der Waals surface area (Å²) in [5, 5.41) is 16.5. The number of nitrogen functional groups attached to an aromatic ring is 1. The van der Waals surface area contributed by atoms with Crippen molar-refractivity contribution in [2.75, 3.05) is 5.73 Å². The lowest BCUT2D eigenvalue weighted by molar-refractivity contribution is 0.969. The van der Waals surface area contributed by atoms with E-state index in [1.165, 1.54) is 23.1 Å². The molecule has 0 aliphatic carbocycles. The van der Waals surface area contributed by atoms with Crippen molar-refractivity contribution < 1.29 is 0 Å². The van der Waals surface area contributed by atoms with Crippen LogP contribution >= 0.6 is 23.1 Å². The summed E-state index contributed by atoms with van der Waals surface area (Å²) in [5.74, 6) is 0. The molecule has 1 unspecified atom stereocenters. The molecule has 0 saturated carbocycles. The first-order valence-corrected chi connectivity index (χ1v) is 5.11. The summed E-state index contributed by atoms with van der Waals surface area (Å²) >= 11 is 2.73. The van der Waals surface area contributed by atoms with E-state index in [1.807, 2.05) is 6.92 Å². The molecule has 64 valence electrons. The van der Waals surface area contributed by atoms with Crippen molar-refractivity contribution in [1.82, 2.24) is 10.2 Å². The lowest BCUT2D eigenvalue weighted by Crippen LogP contribution is -1.94. The second-order valence-electron chi connectivity index (χ2n) is 2.05. The van der Waals surface area contributed by atoms with E-state index in [-0.39, 0.29) is 5.25 Å². The Hall–Kier alpha value is -0.800. The number of aromatic nitrogens is 2. The molecular formula is C6H8N4S2. The van der Waals surface area contributed by atoms with Crippen molar-refractivity contribution in [3.63, 3.8) is 0 Å². The van der Waals surface area contributed by atoms with Gasteiger partial charge in [0.05, 0.1) is 11.3 Å². The molecular weight excluding hydrogens is 192 g/mol. The van der Waals surface area contributed by atoms with Gasteiger partial charge in [-0.1, -0.05) is 30.0 Å². The standard InChI is InChI=1S/C6H8N4S2/c1-2-4(3-7)11-6-10-9-5(8)12-6/h4H,2H2,1H3,(H2,8,9). The molecule has 0 aromatic carbocycles. The predicted octanol–water partition coefficient (Wildman–Crippen LogP) is 1.51. The van der Waals surface area contributed by atoms with Crippen LogP contribution in [0.3, 0.4) is 0 Å². The van der Waals surface area contributed by atoms with Gasteiger partial charge in [-0.05, 0) is 6.42 Å². The van der Waals surface area contributed by atoms with Crippen molar-refractivity contribution in [2.45, 2.75) is 22.9 Å². The highest BCUT2D eigenvalue weighted by atomic mass is 32.2. The SMILES string of the molecule is CCC(C#N)Sc1nnc(N)s1. The van der Waals surface area contributed by atoms with Gasteiger partial charge in [-0.2, -0.15) is 5.26 Å². The Morgan fingerprint density at radius 3 is 2.92 bits per heavy atom. The zero-order valence-electron chi connectivity index (χ0n) is 6.52. The summed E-state index contributed by atoms with van der Waals surface area (Å²) in [6.45, 7) is 1.96. The number of nitrogens with two attached hydrogens (primary N) is 1. The molecule has 0 spiro atoms. The van der Waals surface area contributed by atoms with Crippen LogP contribution in [0.1, 0.15) is 13.3 Å². The first-order valence-electron chi connectivity index (χ1n) is 3.41. The number of hydrogen-bond acceptors (Lipinski definition) is 6. The van der Waals surface area contributed by atoms with E-state index in [0.29, 0.717) is 5.13 Å². The Morgan fingerprint density at radius 1 is 1.75 bits per heavy atom. The molecule has 1 aromatic rings. The maximum absolute atomic E-state index is 8.65. The molecule has 1 rings (SSSR count). The number of rotatable bonds is 3. The van der Waals surface area contributed by atoms with Crippen LogP contribution in [0.15, 0.2) is 4.34 Å². The first-order chi connectivity index (χ1) is 5.76. The quantitative estimate of drug-likeness (QED) is 0.748. The Labute approximate surface area is 78.8 Å². The average molecular weight is 200 g/mol. The average Bonchev–Trinajstić information content (AvgIpc) is 2.47. The van der Waals surface area contributed by atoms with E-state index in [9.17, 15) is 0 Å². The maximum atomic E-state index is 8.65. The fourth-order valence-electron chi connectivity index (χ4n) is 0.591. The van der Waals surface area contributed by atoms with Crippen LogP contribution < -0.4 is 5.73 Å². The molecule has 0 aliphatic heterocycles. The van der Waals surface area contributed by atoms with Gasteiger partial charge in [-0.25, -0.2) is 0 Å². The van der Waals surface area contributed by atoms with Gasteiger partial charge in [-0.15, -0.1) is 10.2 Å². The Bertz CT molecular complexity index is 290. The predicted molar refractivity (Wildman–Crippen MR) is 49.9 cm³/mol. The number of thioether (sulfide) groups is 1. The molecule has 0 amide bonds. The summed E-state index contributed by atoms with van der Waals surface area (Å²) in [6, 6.07) is 2.17. The highest BCUT2D eigenvalue weighted by Crippen LogP contribution is 2.28. The number of nitrogens with zero attached hydrogens (tertiary/aromatic N) is 3. The second-order valence-corrected chi connectivity index (χ2v) is 4.51. The number of nitriles is 1. The lowest BCUT2D eigenvalue weighted by atomic mass is 10.4. The second kappa shape index (κ2) is 4.28. The first kappa shape index (κ1) is 9.29. The normalized spacial score (nSPS) is 12.3. The topological polar surface area (TPSA) is 75.6 Å². The Kier molecular flexibility index (Phi) is 3.31. The van der Waals surface area contributed by atoms with Crippen molar-refractivity contribution in [1.29, 1.82) is 5.26 Å². The van der Waals surface area contributed by atoms with Crippen LogP contribution in [-0.2, 0) is 0 Å². The number of anilines is 1. The van der Waals surface area contributed by atoms with E-state index in [1.54, 1.807) is 0 Å². The summed E-state index contributed by atoms with van der Waals surface area (Å²) in [4.78, 5) is 0. The molecule has 6 heteroatoms. The highest BCUT2D eigenvalue weighted by molar-refractivity contribution is 8.01. The van der Waals surface area contributed by atoms with Crippen LogP contribution in [0, 0.1) is 11.3 Å². The van der Waals surface area contributed by atoms with Crippen LogP contribution in [-0.4, -0.2) is 15.4 Å². The van der Waals surface area contributed by atoms with Gasteiger partial charge in [-0.3, -0.25) is 0 Å². The fourth-order valence-corrected chi connectivity index (χ4v) is 2.28. The van der Waals surface area contributed by atoms with Crippen LogP contribution in [0.5, 0.6) is 0 Å². The Morgan fingerprint density at radius 2 is 2.50 bits per heavy atom. The highest BCUT2D eigenvalue weighted by Gasteiger charge is 2.09. The van der Waals surface area contributed by atoms with Crippen molar-refractivity contribution in [2.24, 2.45) is 0 Å². The van der Waals surface area contributed by atoms with Gasteiger partial charge >= 0.3 is 0 Å². The minimum atomic E-state index is -0.0441. The molecule has 0 bridgehead atoms. The summed E-state index contributed by atoms with van der Waals surface area (Å²) < 4.78 is 0.765. The largest absolute Gasteiger partial charge is 0.374 e. The van der Waals surface area contributed by atoms with Gasteiger partial charge in [0, 0.05) is 0 Å². The van der Waals surface area contributed by atoms with Gasteiger partial charge in [0.1, 0.15) is 0 Å². The molecule has 2 N–H and O–H groups in total. The maximum Gasteiger partial charge on any atom is 0.203 e. The van der Waals surface area contributed by atoms with Crippen molar-refractivity contribution in [3.8, 4) is 6.07 Å². The zero-order chi connectivity index (χ0) is 8.97. The van der Waals surface area contributed by atoms with E-state index in [2.05, 4.69) is 16.3 Å². The zero-order valence-corrected chi connectivity index (χ0v) is 8.15. The van der Waals surface area contributed by atoms with Crippen LogP contribution in [0.4, 0.5) is 5.13 Å². The summed E-state index contributed by atoms with van der Waals surface area (Å²) in [6.07, 6.45) is 0.806. The summed E-state index contributed by atoms with van der Waals surface area (Å²) in [5.41, 5.74) is 5.39. The third-order valence-electron chi connectivity index (χ3n) is 1.18. The van der Waals surface area contributed by atoms with Crippen molar-refractivity contribution >= 4 is 28.2 Å². The molecule has 1 aromatic heterocycles. The molecule has 0 aliphatic rings. The molecule has 12 heavy (non-hydrogen) atoms. The fraction of sp³-hybridized carbons (Fsp3) is 0.500. The Balaban J connectivity index is 2.58. The van der Waals surface area contributed by atoms with Gasteiger partial charge < -0.3 is 5.73 Å².